The predicted molar refractivity (Wildman–Crippen MR) is 79.0 cm³/mol. The van der Waals surface area contributed by atoms with Crippen molar-refractivity contribution in [2.24, 2.45) is 0 Å². The molecule has 21 heavy (non-hydrogen) atoms. The molecule has 2 aromatic carbocycles. The Morgan fingerprint density at radius 3 is 2.52 bits per heavy atom. The number of nitrogens with one attached hydrogen (secondary N) is 1. The van der Waals surface area contributed by atoms with Gasteiger partial charge < -0.3 is 5.11 Å². The predicted octanol–water partition coefficient (Wildman–Crippen LogP) is 2.74. The van der Waals surface area contributed by atoms with Gasteiger partial charge in [-0.3, -0.25) is 4.72 Å². The number of aliphatic hydroxyl groups excluding tert-OH is 1. The van der Waals surface area contributed by atoms with Gasteiger partial charge in [0.25, 0.3) is 10.0 Å². The Bertz CT molecular complexity index is 772. The lowest BCUT2D eigenvalue weighted by molar-refractivity contribution is 0.282. The van der Waals surface area contributed by atoms with Crippen LogP contribution in [0.4, 0.5) is 10.1 Å². The molecular formula is C15H16FNO3S. The zero-order valence-electron chi connectivity index (χ0n) is 11.7. The summed E-state index contributed by atoms with van der Waals surface area (Å²) in [6, 6.07) is 8.59. The summed E-state index contributed by atoms with van der Waals surface area (Å²) in [5.41, 5.74) is 2.10. The smallest absolute Gasteiger partial charge is 0.262 e. The van der Waals surface area contributed by atoms with Crippen molar-refractivity contribution in [2.45, 2.75) is 25.3 Å². The van der Waals surface area contributed by atoms with E-state index in [1.54, 1.807) is 25.1 Å². The van der Waals surface area contributed by atoms with Gasteiger partial charge in [-0.15, -0.1) is 0 Å². The van der Waals surface area contributed by atoms with Gasteiger partial charge in [0.1, 0.15) is 5.82 Å². The zero-order valence-corrected chi connectivity index (χ0v) is 12.5. The molecule has 0 atom stereocenters. The summed E-state index contributed by atoms with van der Waals surface area (Å²) >= 11 is 0. The average molecular weight is 309 g/mol. The molecule has 112 valence electrons. The van der Waals surface area contributed by atoms with Crippen LogP contribution >= 0.6 is 0 Å². The highest BCUT2D eigenvalue weighted by Gasteiger charge is 2.19. The Morgan fingerprint density at radius 1 is 1.14 bits per heavy atom. The van der Waals surface area contributed by atoms with E-state index in [1.165, 1.54) is 12.1 Å². The molecule has 4 nitrogen and oxygen atoms in total. The van der Waals surface area contributed by atoms with E-state index in [0.717, 1.165) is 11.6 Å². The third-order valence-corrected chi connectivity index (χ3v) is 4.62. The van der Waals surface area contributed by atoms with Gasteiger partial charge >= 0.3 is 0 Å². The molecule has 0 radical (unpaired) electrons. The normalized spacial score (nSPS) is 11.4. The van der Waals surface area contributed by atoms with E-state index in [0.29, 0.717) is 11.1 Å². The number of benzene rings is 2. The largest absolute Gasteiger partial charge is 0.392 e. The number of rotatable bonds is 4. The monoisotopic (exact) mass is 309 g/mol. The van der Waals surface area contributed by atoms with E-state index in [1.807, 2.05) is 6.92 Å². The van der Waals surface area contributed by atoms with Crippen molar-refractivity contribution >= 4 is 15.7 Å². The minimum Gasteiger partial charge on any atom is -0.392 e. The van der Waals surface area contributed by atoms with Crippen molar-refractivity contribution in [3.63, 3.8) is 0 Å². The molecule has 0 aliphatic rings. The van der Waals surface area contributed by atoms with Crippen LogP contribution in [-0.4, -0.2) is 13.5 Å². The fraction of sp³-hybridized carbons (Fsp3) is 0.200. The van der Waals surface area contributed by atoms with Crippen LogP contribution in [0.1, 0.15) is 16.7 Å². The fourth-order valence-electron chi connectivity index (χ4n) is 2.02. The second-order valence-electron chi connectivity index (χ2n) is 4.83. The Labute approximate surface area is 123 Å². The van der Waals surface area contributed by atoms with Crippen LogP contribution in [0.3, 0.4) is 0 Å². The average Bonchev–Trinajstić information content (AvgIpc) is 2.43. The highest BCUT2D eigenvalue weighted by molar-refractivity contribution is 7.92. The molecule has 0 heterocycles. The van der Waals surface area contributed by atoms with Crippen molar-refractivity contribution in [1.82, 2.24) is 0 Å². The summed E-state index contributed by atoms with van der Waals surface area (Å²) in [5.74, 6) is -0.618. The molecule has 2 N–H and O–H groups in total. The van der Waals surface area contributed by atoms with Crippen LogP contribution in [0.15, 0.2) is 41.3 Å². The van der Waals surface area contributed by atoms with Gasteiger partial charge in [0.2, 0.25) is 0 Å². The van der Waals surface area contributed by atoms with Gasteiger partial charge in [-0.1, -0.05) is 23.8 Å². The summed E-state index contributed by atoms with van der Waals surface area (Å²) in [6.07, 6.45) is 0. The van der Waals surface area contributed by atoms with E-state index >= 15 is 0 Å². The minimum absolute atomic E-state index is 0.119. The first-order valence-electron chi connectivity index (χ1n) is 6.33. The Morgan fingerprint density at radius 2 is 1.86 bits per heavy atom. The summed E-state index contributed by atoms with van der Waals surface area (Å²) in [4.78, 5) is -0.119. The second-order valence-corrected chi connectivity index (χ2v) is 6.48. The van der Waals surface area contributed by atoms with Gasteiger partial charge in [0.05, 0.1) is 17.2 Å². The molecule has 0 bridgehead atoms. The lowest BCUT2D eigenvalue weighted by atomic mass is 10.1. The Balaban J connectivity index is 2.45. The Kier molecular flexibility index (Phi) is 4.29. The van der Waals surface area contributed by atoms with Crippen LogP contribution in [0.25, 0.3) is 0 Å². The van der Waals surface area contributed by atoms with E-state index in [9.17, 15) is 17.9 Å². The molecule has 0 saturated heterocycles. The van der Waals surface area contributed by atoms with Crippen molar-refractivity contribution in [2.75, 3.05) is 4.72 Å². The molecule has 0 spiro atoms. The number of aryl methyl sites for hydroxylation is 2. The molecule has 6 heteroatoms. The lowest BCUT2D eigenvalue weighted by Crippen LogP contribution is -2.15. The number of hydrogen-bond donors (Lipinski definition) is 2. The van der Waals surface area contributed by atoms with Crippen LogP contribution in [0.5, 0.6) is 0 Å². The number of anilines is 1. The molecule has 2 rings (SSSR count). The number of sulfonamides is 1. The van der Waals surface area contributed by atoms with E-state index in [2.05, 4.69) is 4.72 Å². The molecule has 0 aliphatic heterocycles. The summed E-state index contributed by atoms with van der Waals surface area (Å²) in [5, 5.41) is 9.31. The quantitative estimate of drug-likeness (QED) is 0.912. The maximum Gasteiger partial charge on any atom is 0.262 e. The summed E-state index contributed by atoms with van der Waals surface area (Å²) in [6.45, 7) is 3.14. The maximum absolute atomic E-state index is 13.3. The lowest BCUT2D eigenvalue weighted by Gasteiger charge is -2.13. The van der Waals surface area contributed by atoms with E-state index < -0.39 is 15.8 Å². The van der Waals surface area contributed by atoms with Gasteiger partial charge in [0.15, 0.2) is 0 Å². The molecule has 0 saturated carbocycles. The number of aliphatic hydroxyl groups is 1. The van der Waals surface area contributed by atoms with Gasteiger partial charge in [-0.05, 0) is 37.6 Å². The molecule has 0 fully saturated rings. The van der Waals surface area contributed by atoms with Gasteiger partial charge in [-0.2, -0.15) is 0 Å². The van der Waals surface area contributed by atoms with Gasteiger partial charge in [-0.25, -0.2) is 12.8 Å². The maximum atomic E-state index is 13.3. The molecule has 2 aromatic rings. The second kappa shape index (κ2) is 5.83. The third kappa shape index (κ3) is 3.40. The standard InChI is InChI=1S/C15H16FNO3S/c1-10-3-6-14(12(7-10)9-18)17-21(19,20)15-8-13(16)5-4-11(15)2/h3-8,17-18H,9H2,1-2H3. The molecule has 0 amide bonds. The first kappa shape index (κ1) is 15.5. The van der Waals surface area contributed by atoms with E-state index in [-0.39, 0.29) is 17.2 Å². The first-order chi connectivity index (χ1) is 9.83. The van der Waals surface area contributed by atoms with Gasteiger partial charge in [0, 0.05) is 5.56 Å². The van der Waals surface area contributed by atoms with E-state index in [4.69, 9.17) is 0 Å². The van der Waals surface area contributed by atoms with Crippen LogP contribution in [0, 0.1) is 19.7 Å². The molecule has 0 aromatic heterocycles. The SMILES string of the molecule is Cc1ccc(NS(=O)(=O)c2cc(F)ccc2C)c(CO)c1. The Hall–Kier alpha value is -1.92. The van der Waals surface area contributed by atoms with Crippen molar-refractivity contribution in [3.8, 4) is 0 Å². The molecule has 0 aliphatic carbocycles. The third-order valence-electron chi connectivity index (χ3n) is 3.12. The van der Waals surface area contributed by atoms with Crippen LogP contribution in [-0.2, 0) is 16.6 Å². The highest BCUT2D eigenvalue weighted by atomic mass is 32.2. The highest BCUT2D eigenvalue weighted by Crippen LogP contribution is 2.23. The molecule has 0 unspecified atom stereocenters. The topological polar surface area (TPSA) is 66.4 Å². The fourth-order valence-corrected chi connectivity index (χ4v) is 3.37. The number of halogens is 1. The minimum atomic E-state index is -3.91. The van der Waals surface area contributed by atoms with Crippen molar-refractivity contribution < 1.29 is 17.9 Å². The van der Waals surface area contributed by atoms with Crippen molar-refractivity contribution in [3.05, 3.63) is 58.9 Å². The van der Waals surface area contributed by atoms with Crippen LogP contribution in [0.2, 0.25) is 0 Å². The van der Waals surface area contributed by atoms with Crippen LogP contribution < -0.4 is 4.72 Å². The molecular weight excluding hydrogens is 293 g/mol. The summed E-state index contributed by atoms with van der Waals surface area (Å²) in [7, 11) is -3.91. The summed E-state index contributed by atoms with van der Waals surface area (Å²) < 4.78 is 40.4. The number of hydrogen-bond acceptors (Lipinski definition) is 3. The first-order valence-corrected chi connectivity index (χ1v) is 7.81. The zero-order chi connectivity index (χ0) is 15.6. The van der Waals surface area contributed by atoms with Crippen molar-refractivity contribution in [1.29, 1.82) is 0 Å².